The number of hydrogen-bond donors (Lipinski definition) is 0. The van der Waals surface area contributed by atoms with Gasteiger partial charge in [0.05, 0.1) is 0 Å². The molecule has 0 N–H and O–H groups in total. The van der Waals surface area contributed by atoms with Gasteiger partial charge in [0.2, 0.25) is 0 Å². The zero-order valence-corrected chi connectivity index (χ0v) is 9.60. The van der Waals surface area contributed by atoms with Gasteiger partial charge in [0.25, 0.3) is 0 Å². The summed E-state index contributed by atoms with van der Waals surface area (Å²) in [6, 6.07) is 4.16. The van der Waals surface area contributed by atoms with Crippen LogP contribution < -0.4 is 0 Å². The van der Waals surface area contributed by atoms with Crippen LogP contribution in [0.2, 0.25) is 0 Å². The zero-order chi connectivity index (χ0) is 9.40. The van der Waals surface area contributed by atoms with Crippen LogP contribution in [0.3, 0.4) is 0 Å². The highest BCUT2D eigenvalue weighted by molar-refractivity contribution is 8.08. The van der Waals surface area contributed by atoms with Gasteiger partial charge in [0, 0.05) is 9.78 Å². The fourth-order valence-corrected chi connectivity index (χ4v) is 2.15. The third-order valence-corrected chi connectivity index (χ3v) is 3.03. The van der Waals surface area contributed by atoms with Crippen molar-refractivity contribution in [3.63, 3.8) is 0 Å². The SMILES string of the molecule is C=C(SCC)c1cccs1.CC. The van der Waals surface area contributed by atoms with Crippen molar-refractivity contribution in [3.05, 3.63) is 29.0 Å². The lowest BCUT2D eigenvalue weighted by Crippen LogP contribution is -1.70. The first-order valence-corrected chi connectivity index (χ1v) is 6.06. The molecule has 0 spiro atoms. The van der Waals surface area contributed by atoms with Crippen molar-refractivity contribution in [2.75, 3.05) is 5.75 Å². The van der Waals surface area contributed by atoms with E-state index in [1.54, 1.807) is 23.1 Å². The van der Waals surface area contributed by atoms with Gasteiger partial charge < -0.3 is 0 Å². The lowest BCUT2D eigenvalue weighted by atomic mass is 10.5. The van der Waals surface area contributed by atoms with Crippen LogP contribution in [0, 0.1) is 0 Å². The maximum Gasteiger partial charge on any atom is 0.0400 e. The average Bonchev–Trinajstić information content (AvgIpc) is 2.60. The largest absolute Gasteiger partial charge is 0.143 e. The van der Waals surface area contributed by atoms with E-state index in [1.807, 2.05) is 13.8 Å². The average molecular weight is 200 g/mol. The number of thiophene rings is 1. The third-order valence-electron chi connectivity index (χ3n) is 1.11. The van der Waals surface area contributed by atoms with E-state index in [2.05, 4.69) is 31.0 Å². The molecule has 1 aromatic heterocycles. The van der Waals surface area contributed by atoms with Gasteiger partial charge >= 0.3 is 0 Å². The second-order valence-corrected chi connectivity index (χ2v) is 4.14. The molecule has 0 radical (unpaired) electrons. The first-order chi connectivity index (χ1) is 5.84. The van der Waals surface area contributed by atoms with Crippen LogP contribution in [-0.4, -0.2) is 5.75 Å². The molecule has 0 aliphatic rings. The maximum absolute atomic E-state index is 3.96. The maximum atomic E-state index is 3.96. The highest BCUT2D eigenvalue weighted by atomic mass is 32.2. The van der Waals surface area contributed by atoms with Gasteiger partial charge in [-0.05, 0) is 17.2 Å². The summed E-state index contributed by atoms with van der Waals surface area (Å²) in [5, 5.41) is 2.08. The lowest BCUT2D eigenvalue weighted by molar-refractivity contribution is 1.50. The Morgan fingerprint density at radius 3 is 2.67 bits per heavy atom. The van der Waals surface area contributed by atoms with Gasteiger partial charge in [-0.1, -0.05) is 33.4 Å². The minimum Gasteiger partial charge on any atom is -0.143 e. The predicted octanol–water partition coefficient (Wildman–Crippen LogP) is 4.50. The summed E-state index contributed by atoms with van der Waals surface area (Å²) in [5.74, 6) is 1.11. The monoisotopic (exact) mass is 200 g/mol. The second-order valence-electron chi connectivity index (χ2n) is 1.83. The number of rotatable bonds is 3. The van der Waals surface area contributed by atoms with Crippen molar-refractivity contribution in [2.24, 2.45) is 0 Å². The highest BCUT2D eigenvalue weighted by Crippen LogP contribution is 2.28. The van der Waals surface area contributed by atoms with Crippen molar-refractivity contribution in [1.29, 1.82) is 0 Å². The Kier molecular flexibility index (Phi) is 7.31. The Bertz CT molecular complexity index is 200. The van der Waals surface area contributed by atoms with E-state index >= 15 is 0 Å². The van der Waals surface area contributed by atoms with E-state index in [1.165, 1.54) is 9.78 Å². The molecule has 1 heterocycles. The molecular formula is C10H16S2. The standard InChI is InChI=1S/C8H10S2.C2H6/c1-3-9-7(2)8-5-4-6-10-8;1-2/h4-6H,2-3H2,1H3;1-2H3. The van der Waals surface area contributed by atoms with E-state index in [-0.39, 0.29) is 0 Å². The summed E-state index contributed by atoms with van der Waals surface area (Å²) in [4.78, 5) is 2.49. The fraction of sp³-hybridized carbons (Fsp3) is 0.400. The molecule has 0 saturated carbocycles. The minimum atomic E-state index is 1.11. The number of thioether (sulfide) groups is 1. The summed E-state index contributed by atoms with van der Waals surface area (Å²) in [6.07, 6.45) is 0. The van der Waals surface area contributed by atoms with Crippen LogP contribution in [0.25, 0.3) is 4.91 Å². The Morgan fingerprint density at radius 1 is 1.58 bits per heavy atom. The van der Waals surface area contributed by atoms with Crippen molar-refractivity contribution in [3.8, 4) is 0 Å². The zero-order valence-electron chi connectivity index (χ0n) is 7.96. The third kappa shape index (κ3) is 3.98. The molecule has 1 rings (SSSR count). The van der Waals surface area contributed by atoms with Crippen molar-refractivity contribution in [2.45, 2.75) is 20.8 Å². The normalized spacial score (nSPS) is 8.58. The summed E-state index contributed by atoms with van der Waals surface area (Å²) < 4.78 is 0. The van der Waals surface area contributed by atoms with Crippen LogP contribution in [0.4, 0.5) is 0 Å². The van der Waals surface area contributed by atoms with Gasteiger partial charge in [-0.25, -0.2) is 0 Å². The van der Waals surface area contributed by atoms with Gasteiger partial charge in [0.15, 0.2) is 0 Å². The summed E-state index contributed by atoms with van der Waals surface area (Å²) in [7, 11) is 0. The van der Waals surface area contributed by atoms with Crippen LogP contribution in [0.5, 0.6) is 0 Å². The summed E-state index contributed by atoms with van der Waals surface area (Å²) in [6.45, 7) is 10.1. The van der Waals surface area contributed by atoms with Gasteiger partial charge in [-0.15, -0.1) is 23.1 Å². The molecule has 2 heteroatoms. The van der Waals surface area contributed by atoms with E-state index in [0.29, 0.717) is 0 Å². The molecule has 0 amide bonds. The molecule has 0 saturated heterocycles. The predicted molar refractivity (Wildman–Crippen MR) is 62.8 cm³/mol. The summed E-state index contributed by atoms with van der Waals surface area (Å²) in [5.41, 5.74) is 0. The van der Waals surface area contributed by atoms with Crippen LogP contribution in [0.1, 0.15) is 25.6 Å². The van der Waals surface area contributed by atoms with Crippen molar-refractivity contribution in [1.82, 2.24) is 0 Å². The van der Waals surface area contributed by atoms with Gasteiger partial charge in [-0.2, -0.15) is 0 Å². The Hall–Kier alpha value is -0.210. The van der Waals surface area contributed by atoms with Crippen molar-refractivity contribution >= 4 is 28.0 Å². The molecule has 0 aliphatic carbocycles. The molecule has 0 bridgehead atoms. The van der Waals surface area contributed by atoms with Crippen LogP contribution in [0.15, 0.2) is 24.1 Å². The summed E-state index contributed by atoms with van der Waals surface area (Å²) >= 11 is 3.56. The molecule has 0 aromatic carbocycles. The molecule has 0 atom stereocenters. The molecular weight excluding hydrogens is 184 g/mol. The fourth-order valence-electron chi connectivity index (χ4n) is 0.683. The lowest BCUT2D eigenvalue weighted by Gasteiger charge is -1.96. The van der Waals surface area contributed by atoms with Crippen LogP contribution >= 0.6 is 23.1 Å². The molecule has 68 valence electrons. The van der Waals surface area contributed by atoms with Gasteiger partial charge in [0.1, 0.15) is 0 Å². The van der Waals surface area contributed by atoms with E-state index in [0.717, 1.165) is 5.75 Å². The quantitative estimate of drug-likeness (QED) is 0.692. The first kappa shape index (κ1) is 11.8. The molecule has 12 heavy (non-hydrogen) atoms. The van der Waals surface area contributed by atoms with Gasteiger partial charge in [-0.3, -0.25) is 0 Å². The van der Waals surface area contributed by atoms with Crippen LogP contribution in [-0.2, 0) is 0 Å². The van der Waals surface area contributed by atoms with Crippen molar-refractivity contribution < 1.29 is 0 Å². The Labute approximate surface area is 83.7 Å². The Balaban J connectivity index is 0.000000561. The molecule has 0 aliphatic heterocycles. The second kappa shape index (κ2) is 7.44. The molecule has 0 fully saturated rings. The smallest absolute Gasteiger partial charge is 0.0400 e. The molecule has 0 unspecified atom stereocenters. The van der Waals surface area contributed by atoms with E-state index < -0.39 is 0 Å². The topological polar surface area (TPSA) is 0 Å². The minimum absolute atomic E-state index is 1.11. The van der Waals surface area contributed by atoms with E-state index in [9.17, 15) is 0 Å². The van der Waals surface area contributed by atoms with E-state index in [4.69, 9.17) is 0 Å². The number of hydrogen-bond acceptors (Lipinski definition) is 2. The highest BCUT2D eigenvalue weighted by Gasteiger charge is 1.96. The molecule has 1 aromatic rings. The molecule has 0 nitrogen and oxygen atoms in total. The Morgan fingerprint density at radius 2 is 2.25 bits per heavy atom. The first-order valence-electron chi connectivity index (χ1n) is 4.20.